The van der Waals surface area contributed by atoms with Gasteiger partial charge in [-0.15, -0.1) is 0 Å². The summed E-state index contributed by atoms with van der Waals surface area (Å²) in [5.74, 6) is 2.11. The van der Waals surface area contributed by atoms with Crippen LogP contribution < -0.4 is 4.90 Å². The first kappa shape index (κ1) is 26.5. The lowest BCUT2D eigenvalue weighted by atomic mass is 9.78. The summed E-state index contributed by atoms with van der Waals surface area (Å²) in [4.78, 5) is 23.5. The highest BCUT2D eigenvalue weighted by Gasteiger charge is 2.53. The Labute approximate surface area is 214 Å². The predicted molar refractivity (Wildman–Crippen MR) is 147 cm³/mol. The minimum atomic E-state index is -0.349. The maximum atomic E-state index is 13.9. The van der Waals surface area contributed by atoms with Crippen LogP contribution in [0.1, 0.15) is 78.1 Å². The van der Waals surface area contributed by atoms with Gasteiger partial charge in [0.1, 0.15) is 5.54 Å². The number of unbranched alkanes of at least 4 members (excludes halogenated alkanes) is 3. The summed E-state index contributed by atoms with van der Waals surface area (Å²) < 4.78 is 0. The fourth-order valence-corrected chi connectivity index (χ4v) is 6.85. The molecule has 1 aliphatic carbocycles. The van der Waals surface area contributed by atoms with E-state index in [9.17, 15) is 4.79 Å². The van der Waals surface area contributed by atoms with E-state index < -0.39 is 0 Å². The molecule has 3 aliphatic rings. The summed E-state index contributed by atoms with van der Waals surface area (Å²) in [6.07, 6.45) is 12.2. The minimum Gasteiger partial charge on any atom is -0.339 e. The standard InChI is InChI=1S/C30H50N4O/c1-25(2)26-14-16-27(17-15-26)32-22-18-30(19-23-32)29(35)33(21-11-6-5-10-20-31(3)4)24-34(30)28-12-8-7-9-13-28/h7-9,12-13,25-27H,5-6,10-11,14-24H2,1-4H3/t26-,27+. The average molecular weight is 483 g/mol. The van der Waals surface area contributed by atoms with Crippen molar-refractivity contribution in [3.8, 4) is 0 Å². The van der Waals surface area contributed by atoms with Crippen molar-refractivity contribution < 1.29 is 4.79 Å². The molecule has 3 fully saturated rings. The molecule has 0 atom stereocenters. The van der Waals surface area contributed by atoms with E-state index in [2.05, 4.69) is 77.9 Å². The van der Waals surface area contributed by atoms with Crippen molar-refractivity contribution >= 4 is 11.6 Å². The summed E-state index contributed by atoms with van der Waals surface area (Å²) >= 11 is 0. The fourth-order valence-electron chi connectivity index (χ4n) is 6.85. The zero-order valence-electron chi connectivity index (χ0n) is 22.9. The van der Waals surface area contributed by atoms with Gasteiger partial charge in [-0.25, -0.2) is 0 Å². The van der Waals surface area contributed by atoms with E-state index in [1.54, 1.807) is 0 Å². The van der Waals surface area contributed by atoms with E-state index in [1.165, 1.54) is 50.6 Å². The van der Waals surface area contributed by atoms with Crippen LogP contribution in [0.15, 0.2) is 30.3 Å². The monoisotopic (exact) mass is 482 g/mol. The fraction of sp³-hybridized carbons (Fsp3) is 0.767. The molecule has 1 saturated carbocycles. The number of amides is 1. The van der Waals surface area contributed by atoms with E-state index in [-0.39, 0.29) is 5.54 Å². The summed E-state index contributed by atoms with van der Waals surface area (Å²) in [6, 6.07) is 11.4. The Morgan fingerprint density at radius 2 is 1.60 bits per heavy atom. The van der Waals surface area contributed by atoms with E-state index >= 15 is 0 Å². The van der Waals surface area contributed by atoms with Gasteiger partial charge < -0.3 is 19.6 Å². The third-order valence-corrected chi connectivity index (χ3v) is 9.19. The summed E-state index contributed by atoms with van der Waals surface area (Å²) in [7, 11) is 4.28. The lowest BCUT2D eigenvalue weighted by Gasteiger charge is -2.47. The van der Waals surface area contributed by atoms with Gasteiger partial charge in [0.25, 0.3) is 0 Å². The molecule has 4 rings (SSSR count). The van der Waals surface area contributed by atoms with Gasteiger partial charge in [-0.2, -0.15) is 0 Å². The number of hydrogen-bond donors (Lipinski definition) is 0. The van der Waals surface area contributed by atoms with E-state index in [0.29, 0.717) is 5.91 Å². The van der Waals surface area contributed by atoms with Crippen LogP contribution in [-0.2, 0) is 4.79 Å². The number of benzene rings is 1. The molecule has 0 radical (unpaired) electrons. The predicted octanol–water partition coefficient (Wildman–Crippen LogP) is 5.46. The quantitative estimate of drug-likeness (QED) is 0.414. The molecule has 5 heteroatoms. The zero-order valence-corrected chi connectivity index (χ0v) is 22.9. The van der Waals surface area contributed by atoms with Gasteiger partial charge in [0.05, 0.1) is 6.67 Å². The molecule has 2 saturated heterocycles. The Bertz CT molecular complexity index is 779. The SMILES string of the molecule is CC(C)[C@H]1CC[C@@H](N2CCC3(CC2)C(=O)N(CCCCCCN(C)C)CN3c2ccccc2)CC1. The number of piperidine rings is 1. The molecule has 196 valence electrons. The van der Waals surface area contributed by atoms with Crippen molar-refractivity contribution in [2.24, 2.45) is 11.8 Å². The van der Waals surface area contributed by atoms with Crippen molar-refractivity contribution in [1.29, 1.82) is 0 Å². The van der Waals surface area contributed by atoms with Crippen LogP contribution >= 0.6 is 0 Å². The lowest BCUT2D eigenvalue weighted by molar-refractivity contribution is -0.134. The molecule has 2 heterocycles. The molecule has 0 aromatic heterocycles. The first-order valence-corrected chi connectivity index (χ1v) is 14.4. The van der Waals surface area contributed by atoms with E-state index in [1.807, 2.05) is 0 Å². The molecule has 0 unspecified atom stereocenters. The van der Waals surface area contributed by atoms with Gasteiger partial charge in [-0.05, 0) is 96.0 Å². The Morgan fingerprint density at radius 3 is 2.23 bits per heavy atom. The molecule has 1 amide bonds. The number of rotatable bonds is 10. The van der Waals surface area contributed by atoms with Crippen molar-refractivity contribution in [2.45, 2.75) is 89.6 Å². The maximum absolute atomic E-state index is 13.9. The number of likely N-dealkylation sites (tertiary alicyclic amines) is 1. The smallest absolute Gasteiger partial charge is 0.250 e. The van der Waals surface area contributed by atoms with Crippen LogP contribution in [-0.4, -0.2) is 79.1 Å². The van der Waals surface area contributed by atoms with E-state index in [0.717, 1.165) is 70.0 Å². The second-order valence-corrected chi connectivity index (χ2v) is 12.1. The third kappa shape index (κ3) is 6.22. The number of carbonyl (C=O) groups is 1. The Morgan fingerprint density at radius 1 is 0.943 bits per heavy atom. The van der Waals surface area contributed by atoms with Gasteiger partial charge in [0, 0.05) is 31.4 Å². The van der Waals surface area contributed by atoms with Gasteiger partial charge in [0.2, 0.25) is 5.91 Å². The van der Waals surface area contributed by atoms with Crippen LogP contribution in [0.5, 0.6) is 0 Å². The van der Waals surface area contributed by atoms with Crippen LogP contribution in [0.4, 0.5) is 5.69 Å². The molecule has 2 aliphatic heterocycles. The number of anilines is 1. The second-order valence-electron chi connectivity index (χ2n) is 12.1. The van der Waals surface area contributed by atoms with Crippen molar-refractivity contribution in [1.82, 2.24) is 14.7 Å². The lowest BCUT2D eigenvalue weighted by Crippen LogP contribution is -2.58. The van der Waals surface area contributed by atoms with Crippen molar-refractivity contribution in [3.05, 3.63) is 30.3 Å². The van der Waals surface area contributed by atoms with Crippen molar-refractivity contribution in [2.75, 3.05) is 51.8 Å². The van der Waals surface area contributed by atoms with Gasteiger partial charge in [-0.3, -0.25) is 4.79 Å². The normalized spacial score (nSPS) is 25.4. The molecule has 1 spiro atoms. The molecular formula is C30H50N4O. The van der Waals surface area contributed by atoms with Crippen LogP contribution in [0.3, 0.4) is 0 Å². The maximum Gasteiger partial charge on any atom is 0.250 e. The number of nitrogens with zero attached hydrogens (tertiary/aromatic N) is 4. The third-order valence-electron chi connectivity index (χ3n) is 9.19. The Hall–Kier alpha value is -1.59. The highest BCUT2D eigenvalue weighted by atomic mass is 16.2. The molecule has 1 aromatic carbocycles. The largest absolute Gasteiger partial charge is 0.339 e. The number of para-hydroxylation sites is 1. The average Bonchev–Trinajstić information content (AvgIpc) is 3.13. The highest BCUT2D eigenvalue weighted by Crippen LogP contribution is 2.41. The first-order chi connectivity index (χ1) is 16.9. The second kappa shape index (κ2) is 12.1. The summed E-state index contributed by atoms with van der Waals surface area (Å²) in [5.41, 5.74) is 0.859. The van der Waals surface area contributed by atoms with Gasteiger partial charge in [0.15, 0.2) is 0 Å². The topological polar surface area (TPSA) is 30.0 Å². The Kier molecular flexibility index (Phi) is 9.15. The molecule has 5 nitrogen and oxygen atoms in total. The van der Waals surface area contributed by atoms with Gasteiger partial charge in [-0.1, -0.05) is 44.9 Å². The molecule has 0 N–H and O–H groups in total. The number of hydrogen-bond acceptors (Lipinski definition) is 4. The minimum absolute atomic E-state index is 0.349. The molecule has 1 aromatic rings. The Balaban J connectivity index is 1.37. The molecule has 35 heavy (non-hydrogen) atoms. The van der Waals surface area contributed by atoms with E-state index in [4.69, 9.17) is 0 Å². The van der Waals surface area contributed by atoms with Crippen LogP contribution in [0.2, 0.25) is 0 Å². The van der Waals surface area contributed by atoms with Crippen LogP contribution in [0, 0.1) is 11.8 Å². The van der Waals surface area contributed by atoms with Crippen LogP contribution in [0.25, 0.3) is 0 Å². The van der Waals surface area contributed by atoms with Gasteiger partial charge >= 0.3 is 0 Å². The summed E-state index contributed by atoms with van der Waals surface area (Å²) in [5, 5.41) is 0. The summed E-state index contributed by atoms with van der Waals surface area (Å²) in [6.45, 7) is 9.69. The van der Waals surface area contributed by atoms with Crippen molar-refractivity contribution in [3.63, 3.8) is 0 Å². The first-order valence-electron chi connectivity index (χ1n) is 14.4. The number of carbonyl (C=O) groups excluding carboxylic acids is 1. The highest BCUT2D eigenvalue weighted by molar-refractivity contribution is 5.93. The molecule has 0 bridgehead atoms. The zero-order chi connectivity index (χ0) is 24.8. The molecular weight excluding hydrogens is 432 g/mol.